The smallest absolute Gasteiger partial charge is 0.271 e. The quantitative estimate of drug-likeness (QED) is 0.372. The Morgan fingerprint density at radius 3 is 2.41 bits per heavy atom. The van der Waals surface area contributed by atoms with Crippen molar-refractivity contribution in [1.29, 1.82) is 0 Å². The van der Waals surface area contributed by atoms with Crippen LogP contribution in [0.15, 0.2) is 54.9 Å². The molecular weight excluding hydrogens is 548 g/mol. The molecule has 4 saturated carbocycles. The fourth-order valence-electron chi connectivity index (χ4n) is 8.51. The number of rotatable bonds is 8. The largest absolute Gasteiger partial charge is 0.492 e. The van der Waals surface area contributed by atoms with Crippen LogP contribution in [0.25, 0.3) is 0 Å². The Kier molecular flexibility index (Phi) is 8.22. The van der Waals surface area contributed by atoms with Gasteiger partial charge in [0.25, 0.3) is 5.91 Å². The number of anilines is 1. The number of hydrogen-bond acceptors (Lipinski definition) is 7. The summed E-state index contributed by atoms with van der Waals surface area (Å²) in [6.45, 7) is 7.73. The van der Waals surface area contributed by atoms with E-state index in [4.69, 9.17) is 4.74 Å². The molecule has 0 atom stereocenters. The van der Waals surface area contributed by atoms with Crippen LogP contribution in [-0.4, -0.2) is 65.3 Å². The SMILES string of the molecule is CCOc1cncc(C#Cc2ccccc2CN2CCN(c3ccc(C(=O)NCC45CC6CC(CC(C6)C4)C5)nn3)CC2)c1. The number of aromatic nitrogens is 3. The van der Waals surface area contributed by atoms with Gasteiger partial charge in [-0.25, -0.2) is 0 Å². The molecule has 4 aliphatic carbocycles. The van der Waals surface area contributed by atoms with Gasteiger partial charge in [-0.2, -0.15) is 0 Å². The Labute approximate surface area is 260 Å². The molecule has 0 spiro atoms. The first-order valence-electron chi connectivity index (χ1n) is 16.3. The zero-order valence-electron chi connectivity index (χ0n) is 25.7. The predicted molar refractivity (Wildman–Crippen MR) is 170 cm³/mol. The molecule has 1 N–H and O–H groups in total. The van der Waals surface area contributed by atoms with Crippen molar-refractivity contribution in [1.82, 2.24) is 25.4 Å². The van der Waals surface area contributed by atoms with Crippen molar-refractivity contribution in [3.05, 3.63) is 77.2 Å². The van der Waals surface area contributed by atoms with Crippen molar-refractivity contribution in [3.63, 3.8) is 0 Å². The lowest BCUT2D eigenvalue weighted by Gasteiger charge is -2.56. The summed E-state index contributed by atoms with van der Waals surface area (Å²) in [6.07, 6.45) is 11.6. The lowest BCUT2D eigenvalue weighted by Crippen LogP contribution is -2.51. The topological polar surface area (TPSA) is 83.5 Å². The molecule has 0 radical (unpaired) electrons. The van der Waals surface area contributed by atoms with E-state index in [1.54, 1.807) is 12.4 Å². The second-order valence-electron chi connectivity index (χ2n) is 13.4. The summed E-state index contributed by atoms with van der Waals surface area (Å²) in [6, 6.07) is 14.0. The normalized spacial score (nSPS) is 25.8. The highest BCUT2D eigenvalue weighted by Crippen LogP contribution is 2.59. The maximum absolute atomic E-state index is 13.0. The molecule has 1 aromatic carbocycles. The van der Waals surface area contributed by atoms with Crippen LogP contribution in [0.3, 0.4) is 0 Å². The van der Waals surface area contributed by atoms with Gasteiger partial charge in [0.1, 0.15) is 5.75 Å². The van der Waals surface area contributed by atoms with E-state index in [2.05, 4.69) is 60.3 Å². The Bertz CT molecular complexity index is 1500. The minimum atomic E-state index is -0.0929. The molecule has 1 saturated heterocycles. The molecular formula is C36H42N6O2. The third kappa shape index (κ3) is 6.44. The fraction of sp³-hybridized carbons (Fsp3) is 0.500. The Morgan fingerprint density at radius 2 is 1.70 bits per heavy atom. The van der Waals surface area contributed by atoms with Crippen LogP contribution in [-0.2, 0) is 6.54 Å². The summed E-state index contributed by atoms with van der Waals surface area (Å²) in [4.78, 5) is 21.9. The number of carbonyl (C=O) groups is 1. The first-order chi connectivity index (χ1) is 21.5. The van der Waals surface area contributed by atoms with Crippen LogP contribution < -0.4 is 15.0 Å². The number of amides is 1. The molecule has 5 aliphatic rings. The molecule has 1 aliphatic heterocycles. The highest BCUT2D eigenvalue weighted by atomic mass is 16.5. The molecule has 2 aromatic heterocycles. The summed E-state index contributed by atoms with van der Waals surface area (Å²) in [5.41, 5.74) is 3.81. The lowest BCUT2D eigenvalue weighted by molar-refractivity contribution is -0.0503. The second-order valence-corrected chi connectivity index (χ2v) is 13.4. The fourth-order valence-corrected chi connectivity index (χ4v) is 8.51. The summed E-state index contributed by atoms with van der Waals surface area (Å²) in [7, 11) is 0. The summed E-state index contributed by atoms with van der Waals surface area (Å²) in [5.74, 6) is 10.7. The molecule has 44 heavy (non-hydrogen) atoms. The standard InChI is InChI=1S/C36H42N6O2/c1-2-44-32-18-26(22-37-23-32)7-8-30-5-3-4-6-31(30)24-41-11-13-42(14-12-41)34-10-9-33(39-40-34)35(43)38-25-36-19-27-15-28(20-36)17-29(16-27)21-36/h3-6,9-10,18,22-23,27-29H,2,11-17,19-21,24-25H2,1H3,(H,38,43). The number of benzene rings is 1. The van der Waals surface area contributed by atoms with Crippen molar-refractivity contribution in [2.75, 3.05) is 44.2 Å². The number of piperazine rings is 1. The second kappa shape index (κ2) is 12.6. The van der Waals surface area contributed by atoms with Gasteiger partial charge in [0.2, 0.25) is 0 Å². The molecule has 8 rings (SSSR count). The van der Waals surface area contributed by atoms with E-state index >= 15 is 0 Å². The van der Waals surface area contributed by atoms with Gasteiger partial charge in [-0.1, -0.05) is 30.0 Å². The van der Waals surface area contributed by atoms with E-state index in [1.165, 1.54) is 44.1 Å². The van der Waals surface area contributed by atoms with Gasteiger partial charge in [-0.3, -0.25) is 14.7 Å². The molecule has 8 heteroatoms. The number of ether oxygens (including phenoxy) is 1. The predicted octanol–water partition coefficient (Wildman–Crippen LogP) is 4.94. The highest BCUT2D eigenvalue weighted by Gasteiger charge is 2.50. The molecule has 8 nitrogen and oxygen atoms in total. The van der Waals surface area contributed by atoms with Gasteiger partial charge in [-0.05, 0) is 98.4 Å². The number of nitrogens with one attached hydrogen (secondary N) is 1. The van der Waals surface area contributed by atoms with Gasteiger partial charge in [0.15, 0.2) is 11.5 Å². The van der Waals surface area contributed by atoms with Crippen molar-refractivity contribution < 1.29 is 9.53 Å². The zero-order valence-corrected chi connectivity index (χ0v) is 25.7. The molecule has 0 unspecified atom stereocenters. The Hall–Kier alpha value is -3.96. The molecule has 3 aromatic rings. The zero-order chi connectivity index (χ0) is 29.9. The van der Waals surface area contributed by atoms with E-state index < -0.39 is 0 Å². The first-order valence-corrected chi connectivity index (χ1v) is 16.3. The minimum absolute atomic E-state index is 0.0929. The average Bonchev–Trinajstić information content (AvgIpc) is 3.03. The molecule has 1 amide bonds. The van der Waals surface area contributed by atoms with Gasteiger partial charge in [-0.15, -0.1) is 10.2 Å². The maximum atomic E-state index is 13.0. The van der Waals surface area contributed by atoms with Gasteiger partial charge >= 0.3 is 0 Å². The van der Waals surface area contributed by atoms with Crippen molar-refractivity contribution in [3.8, 4) is 17.6 Å². The Morgan fingerprint density at radius 1 is 0.955 bits per heavy atom. The van der Waals surface area contributed by atoms with Crippen LogP contribution in [0.1, 0.15) is 72.6 Å². The highest BCUT2D eigenvalue weighted by molar-refractivity contribution is 5.92. The van der Waals surface area contributed by atoms with Crippen LogP contribution >= 0.6 is 0 Å². The van der Waals surface area contributed by atoms with Gasteiger partial charge in [0.05, 0.1) is 12.8 Å². The van der Waals surface area contributed by atoms with Crippen molar-refractivity contribution >= 4 is 11.7 Å². The van der Waals surface area contributed by atoms with Gasteiger partial charge < -0.3 is 15.0 Å². The third-order valence-electron chi connectivity index (χ3n) is 10.1. The number of hydrogen-bond donors (Lipinski definition) is 1. The van der Waals surface area contributed by atoms with Crippen molar-refractivity contribution in [2.45, 2.75) is 52.0 Å². The van der Waals surface area contributed by atoms with E-state index in [-0.39, 0.29) is 5.91 Å². The molecule has 3 heterocycles. The summed E-state index contributed by atoms with van der Waals surface area (Å²) >= 11 is 0. The van der Waals surface area contributed by atoms with Crippen LogP contribution in [0.2, 0.25) is 0 Å². The first kappa shape index (κ1) is 28.8. The van der Waals surface area contributed by atoms with Crippen molar-refractivity contribution in [2.24, 2.45) is 23.2 Å². The third-order valence-corrected chi connectivity index (χ3v) is 10.1. The van der Waals surface area contributed by atoms with Crippen LogP contribution in [0, 0.1) is 35.0 Å². The molecule has 228 valence electrons. The molecule has 4 bridgehead atoms. The summed E-state index contributed by atoms with van der Waals surface area (Å²) in [5, 5.41) is 12.0. The van der Waals surface area contributed by atoms with E-state index in [0.717, 1.165) is 79.7 Å². The Balaban J connectivity index is 0.913. The summed E-state index contributed by atoms with van der Waals surface area (Å²) < 4.78 is 5.56. The minimum Gasteiger partial charge on any atom is -0.492 e. The number of nitrogens with zero attached hydrogens (tertiary/aromatic N) is 5. The lowest BCUT2D eigenvalue weighted by atomic mass is 9.49. The van der Waals surface area contributed by atoms with Crippen LogP contribution in [0.4, 0.5) is 5.82 Å². The van der Waals surface area contributed by atoms with Gasteiger partial charge in [0, 0.05) is 56.6 Å². The van der Waals surface area contributed by atoms with E-state index in [1.807, 2.05) is 31.2 Å². The van der Waals surface area contributed by atoms with E-state index in [0.29, 0.717) is 17.7 Å². The number of carbonyl (C=O) groups excluding carboxylic acids is 1. The van der Waals surface area contributed by atoms with E-state index in [9.17, 15) is 4.79 Å². The van der Waals surface area contributed by atoms with Crippen LogP contribution in [0.5, 0.6) is 5.75 Å². The average molecular weight is 591 g/mol. The maximum Gasteiger partial charge on any atom is 0.271 e. The monoisotopic (exact) mass is 590 g/mol. The molecule has 5 fully saturated rings. The number of pyridine rings is 1.